The Morgan fingerprint density at radius 2 is 0.724 bits per heavy atom. The van der Waals surface area contributed by atoms with Crippen molar-refractivity contribution in [1.29, 1.82) is 0 Å². The lowest BCUT2D eigenvalue weighted by molar-refractivity contribution is -0.156. The van der Waals surface area contributed by atoms with E-state index in [1.807, 2.05) is 7.05 Å². The Balaban J connectivity index is 2.16. The van der Waals surface area contributed by atoms with Crippen molar-refractivity contribution in [3.8, 4) is 0 Å². The second-order valence-electron chi connectivity index (χ2n) is 21.9. The molecule has 76 heavy (non-hydrogen) atoms. The maximum atomic E-state index is 14.2. The molecule has 2 aliphatic heterocycles. The molecule has 0 spiro atoms. The zero-order valence-corrected chi connectivity index (χ0v) is 48.4. The van der Waals surface area contributed by atoms with Crippen molar-refractivity contribution >= 4 is 41.9 Å². The molecule has 0 N–H and O–H groups in total. The number of ether oxygens (including phenoxy) is 7. The highest BCUT2D eigenvalue weighted by Crippen LogP contribution is 2.27. The lowest BCUT2D eigenvalue weighted by Crippen LogP contribution is -2.51. The summed E-state index contributed by atoms with van der Waals surface area (Å²) in [5.41, 5.74) is 0. The quantitative estimate of drug-likeness (QED) is 0.0318. The molecule has 0 aromatic heterocycles. The second-order valence-corrected chi connectivity index (χ2v) is 21.9. The molecule has 0 aliphatic carbocycles. The molecule has 2 fully saturated rings. The molecule has 0 aromatic carbocycles. The third-order valence-electron chi connectivity index (χ3n) is 14.6. The maximum Gasteiger partial charge on any atom is 0.410 e. The van der Waals surface area contributed by atoms with Gasteiger partial charge in [-0.05, 0) is 52.0 Å². The summed E-state index contributed by atoms with van der Waals surface area (Å²) in [6, 6.07) is -1.20. The van der Waals surface area contributed by atoms with Crippen molar-refractivity contribution in [3.63, 3.8) is 0 Å². The number of carbonyl (C=O) groups excluding carboxylic acids is 7. The lowest BCUT2D eigenvalue weighted by atomic mass is 10.1. The van der Waals surface area contributed by atoms with E-state index in [-0.39, 0.29) is 108 Å². The van der Waals surface area contributed by atoms with Crippen LogP contribution in [0.2, 0.25) is 0 Å². The van der Waals surface area contributed by atoms with Crippen LogP contribution in [0.25, 0.3) is 0 Å². The molecule has 2 rings (SSSR count). The first-order valence-corrected chi connectivity index (χ1v) is 30.5. The number of rotatable bonds is 45. The number of unbranched alkanes of at least 4 members (excludes halogenated alkanes) is 20. The number of carbonyl (C=O) groups is 7. The summed E-state index contributed by atoms with van der Waals surface area (Å²) in [6.07, 6.45) is 27.5. The Bertz CT molecular complexity index is 1420. The zero-order valence-electron chi connectivity index (χ0n) is 48.4. The standard InChI is InChI=1S/C60H106N2O14/c1-6-10-14-18-22-26-34-54(63)70-43-49(44-71-55(64)35-27-23-19-15-11-7-2)40-58(67)74-47-51-32-30-31-33-52(62(51)60(69)76-53-38-39-61(5)42-53)48-75-59(68)41-50(45-72-56(65)36-28-24-20-16-12-8-3)46-73-57(66)37-29-25-21-17-13-9-4/h49-53H,6-48H2,1-5H3/t51-,52-,53?/m0/s1. The Morgan fingerprint density at radius 1 is 0.408 bits per heavy atom. The van der Waals surface area contributed by atoms with Crippen LogP contribution in [0.15, 0.2) is 0 Å². The highest BCUT2D eigenvalue weighted by molar-refractivity contribution is 5.73. The fourth-order valence-electron chi connectivity index (χ4n) is 9.79. The first-order valence-electron chi connectivity index (χ1n) is 30.5. The summed E-state index contributed by atoms with van der Waals surface area (Å²) in [4.78, 5) is 96.3. The average molecular weight is 1080 g/mol. The zero-order chi connectivity index (χ0) is 55.4. The molecule has 1 unspecified atom stereocenters. The van der Waals surface area contributed by atoms with E-state index in [0.717, 1.165) is 109 Å². The van der Waals surface area contributed by atoms with Gasteiger partial charge >= 0.3 is 41.9 Å². The summed E-state index contributed by atoms with van der Waals surface area (Å²) in [5.74, 6) is -3.89. The number of amides is 1. The molecule has 2 heterocycles. The van der Waals surface area contributed by atoms with E-state index in [9.17, 15) is 33.6 Å². The van der Waals surface area contributed by atoms with Crippen LogP contribution < -0.4 is 0 Å². The van der Waals surface area contributed by atoms with Gasteiger partial charge in [-0.1, -0.05) is 169 Å². The topological polar surface area (TPSA) is 191 Å². The van der Waals surface area contributed by atoms with Gasteiger partial charge < -0.3 is 38.1 Å². The van der Waals surface area contributed by atoms with Crippen molar-refractivity contribution in [2.24, 2.45) is 11.8 Å². The van der Waals surface area contributed by atoms with Crippen LogP contribution in [0.5, 0.6) is 0 Å². The molecule has 0 radical (unpaired) electrons. The molecule has 16 heteroatoms. The number of likely N-dealkylation sites (N-methyl/N-ethyl adjacent to an activating group) is 1. The van der Waals surface area contributed by atoms with Crippen LogP contribution in [0.3, 0.4) is 0 Å². The molecule has 1 amide bonds. The van der Waals surface area contributed by atoms with Gasteiger partial charge in [-0.3, -0.25) is 33.7 Å². The molecule has 3 atom stereocenters. The molecule has 0 aromatic rings. The second kappa shape index (κ2) is 45.0. The number of hydrogen-bond donors (Lipinski definition) is 0. The third-order valence-corrected chi connectivity index (χ3v) is 14.6. The fourth-order valence-corrected chi connectivity index (χ4v) is 9.79. The first-order chi connectivity index (χ1) is 36.9. The van der Waals surface area contributed by atoms with Crippen molar-refractivity contribution in [2.45, 2.75) is 271 Å². The number of nitrogens with zero attached hydrogens (tertiary/aromatic N) is 2. The molecular weight excluding hydrogens is 973 g/mol. The monoisotopic (exact) mass is 1080 g/mol. The van der Waals surface area contributed by atoms with Gasteiger partial charge in [-0.2, -0.15) is 0 Å². The Kier molecular flexibility index (Phi) is 40.3. The molecule has 16 nitrogen and oxygen atoms in total. The highest BCUT2D eigenvalue weighted by Gasteiger charge is 2.38. The summed E-state index contributed by atoms with van der Waals surface area (Å²) in [7, 11) is 1.96. The molecule has 2 saturated heterocycles. The van der Waals surface area contributed by atoms with Gasteiger partial charge in [0.05, 0.1) is 51.4 Å². The summed E-state index contributed by atoms with van der Waals surface area (Å²) >= 11 is 0. The first kappa shape index (κ1) is 68.2. The van der Waals surface area contributed by atoms with E-state index in [1.165, 1.54) is 25.7 Å². The molecule has 0 bridgehead atoms. The van der Waals surface area contributed by atoms with E-state index < -0.39 is 42.0 Å². The summed E-state index contributed by atoms with van der Waals surface area (Å²) in [5, 5.41) is 0. The SMILES string of the molecule is CCCCCCCCC(=O)OCC(COC(=O)CCCCCCCC)CC(=O)OC[C@@H]1CCCC[C@@H](COC(=O)CC(COC(=O)CCCCCCCC)COC(=O)CCCCCCCC)N1C(=O)OC1CCN(C)C1. The van der Waals surface area contributed by atoms with E-state index in [4.69, 9.17) is 33.2 Å². The minimum absolute atomic E-state index is 0.108. The van der Waals surface area contributed by atoms with Gasteiger partial charge in [0.1, 0.15) is 19.3 Å². The van der Waals surface area contributed by atoms with E-state index in [2.05, 4.69) is 32.6 Å². The number of likely N-dealkylation sites (tertiary alicyclic amines) is 2. The number of hydrogen-bond acceptors (Lipinski definition) is 15. The minimum atomic E-state index is -0.632. The minimum Gasteiger partial charge on any atom is -0.465 e. The molecule has 2 aliphatic rings. The summed E-state index contributed by atoms with van der Waals surface area (Å²) < 4.78 is 40.4. The van der Waals surface area contributed by atoms with Gasteiger partial charge in [0, 0.05) is 50.6 Å². The highest BCUT2D eigenvalue weighted by atomic mass is 16.6. The Labute approximate surface area is 459 Å². The van der Waals surface area contributed by atoms with Gasteiger partial charge in [0.2, 0.25) is 0 Å². The summed E-state index contributed by atoms with van der Waals surface area (Å²) in [6.45, 7) is 9.25. The van der Waals surface area contributed by atoms with Crippen LogP contribution in [-0.4, -0.2) is 130 Å². The van der Waals surface area contributed by atoms with Crippen molar-refractivity contribution in [1.82, 2.24) is 9.80 Å². The van der Waals surface area contributed by atoms with Gasteiger partial charge in [0.25, 0.3) is 0 Å². The Morgan fingerprint density at radius 3 is 1.03 bits per heavy atom. The molecule has 0 saturated carbocycles. The van der Waals surface area contributed by atoms with Gasteiger partial charge in [-0.25, -0.2) is 4.79 Å². The van der Waals surface area contributed by atoms with E-state index in [1.54, 1.807) is 4.90 Å². The van der Waals surface area contributed by atoms with E-state index >= 15 is 0 Å². The predicted molar refractivity (Wildman–Crippen MR) is 294 cm³/mol. The maximum absolute atomic E-state index is 14.2. The van der Waals surface area contributed by atoms with Gasteiger partial charge in [0.15, 0.2) is 0 Å². The van der Waals surface area contributed by atoms with Crippen LogP contribution >= 0.6 is 0 Å². The van der Waals surface area contributed by atoms with Crippen LogP contribution in [0.1, 0.15) is 252 Å². The lowest BCUT2D eigenvalue weighted by Gasteiger charge is -2.35. The van der Waals surface area contributed by atoms with Crippen LogP contribution in [0.4, 0.5) is 4.79 Å². The normalized spacial score (nSPS) is 16.8. The van der Waals surface area contributed by atoms with E-state index in [0.29, 0.717) is 64.3 Å². The molecular formula is C60H106N2O14. The van der Waals surface area contributed by atoms with Gasteiger partial charge in [-0.15, -0.1) is 0 Å². The fraction of sp³-hybridized carbons (Fsp3) is 0.883. The smallest absolute Gasteiger partial charge is 0.410 e. The Hall–Kier alpha value is -3.95. The van der Waals surface area contributed by atoms with Crippen molar-refractivity contribution in [2.75, 3.05) is 59.8 Å². The molecule has 440 valence electrons. The largest absolute Gasteiger partial charge is 0.465 e. The average Bonchev–Trinajstić information content (AvgIpc) is 3.70. The van der Waals surface area contributed by atoms with Crippen molar-refractivity contribution in [3.05, 3.63) is 0 Å². The van der Waals surface area contributed by atoms with Crippen LogP contribution in [0, 0.1) is 11.8 Å². The van der Waals surface area contributed by atoms with Crippen LogP contribution in [-0.2, 0) is 61.9 Å². The van der Waals surface area contributed by atoms with Crippen molar-refractivity contribution < 1.29 is 66.7 Å². The number of esters is 6. The predicted octanol–water partition coefficient (Wildman–Crippen LogP) is 12.7. The third kappa shape index (κ3) is 34.7.